The molecule has 1 saturated carbocycles. The lowest BCUT2D eigenvalue weighted by molar-refractivity contribution is 0.217. The molecule has 6 nitrogen and oxygen atoms in total. The summed E-state index contributed by atoms with van der Waals surface area (Å²) in [4.78, 5) is 9.48. The molecule has 0 unspecified atom stereocenters. The molecular formula is C14H24N4O2S. The molecule has 2 N–H and O–H groups in total. The van der Waals surface area contributed by atoms with Crippen LogP contribution in [0.4, 0.5) is 0 Å². The predicted octanol–water partition coefficient (Wildman–Crippen LogP) is 1.24. The molecule has 0 amide bonds. The fourth-order valence-electron chi connectivity index (χ4n) is 3.38. The first-order valence-electron chi connectivity index (χ1n) is 7.85. The third-order valence-electron chi connectivity index (χ3n) is 4.52. The number of nitrogens with one attached hydrogen (secondary N) is 2. The van der Waals surface area contributed by atoms with E-state index in [1.165, 1.54) is 0 Å². The summed E-state index contributed by atoms with van der Waals surface area (Å²) < 4.78 is 28.0. The molecule has 0 spiro atoms. The van der Waals surface area contributed by atoms with E-state index in [0.717, 1.165) is 50.9 Å². The summed E-state index contributed by atoms with van der Waals surface area (Å²) >= 11 is 0. The Morgan fingerprint density at radius 3 is 2.81 bits per heavy atom. The van der Waals surface area contributed by atoms with Crippen LogP contribution >= 0.6 is 0 Å². The highest BCUT2D eigenvalue weighted by Gasteiger charge is 2.33. The molecular weight excluding hydrogens is 288 g/mol. The summed E-state index contributed by atoms with van der Waals surface area (Å²) in [5, 5.41) is -0.290. The number of hydrogen-bond donors (Lipinski definition) is 2. The second-order valence-electron chi connectivity index (χ2n) is 6.18. The molecule has 2 aliphatic rings. The molecule has 1 aromatic heterocycles. The second kappa shape index (κ2) is 6.46. The minimum atomic E-state index is -3.20. The maximum Gasteiger partial charge on any atom is 0.215 e. The number of imidazole rings is 1. The third-order valence-corrected chi connectivity index (χ3v) is 6.44. The monoisotopic (exact) mass is 312 g/mol. The average Bonchev–Trinajstić information content (AvgIpc) is 3.12. The standard InChI is InChI=1S/C14H24N4O2S/c19-21(20,17-12-4-1-2-5-12)13-6-3-9-18(10-13)11-14-15-7-8-16-14/h7-8,12-13,17H,1-6,9-11H2,(H,15,16)/t13-/m1/s1. The van der Waals surface area contributed by atoms with Gasteiger partial charge in [-0.2, -0.15) is 0 Å². The number of H-pyrrole nitrogens is 1. The molecule has 21 heavy (non-hydrogen) atoms. The van der Waals surface area contributed by atoms with E-state index in [2.05, 4.69) is 19.6 Å². The quantitative estimate of drug-likeness (QED) is 0.857. The van der Waals surface area contributed by atoms with Crippen molar-refractivity contribution in [1.82, 2.24) is 19.6 Å². The number of aromatic amines is 1. The molecule has 0 aromatic carbocycles. The van der Waals surface area contributed by atoms with Gasteiger partial charge in [0.25, 0.3) is 0 Å². The Balaban J connectivity index is 1.59. The van der Waals surface area contributed by atoms with Crippen molar-refractivity contribution in [3.05, 3.63) is 18.2 Å². The molecule has 118 valence electrons. The van der Waals surface area contributed by atoms with Crippen molar-refractivity contribution in [2.24, 2.45) is 0 Å². The highest BCUT2D eigenvalue weighted by atomic mass is 32.2. The van der Waals surface area contributed by atoms with Crippen LogP contribution in [-0.2, 0) is 16.6 Å². The number of sulfonamides is 1. The Hall–Kier alpha value is -0.920. The van der Waals surface area contributed by atoms with Crippen molar-refractivity contribution in [2.75, 3.05) is 13.1 Å². The van der Waals surface area contributed by atoms with Crippen molar-refractivity contribution in [3.8, 4) is 0 Å². The topological polar surface area (TPSA) is 78.1 Å². The van der Waals surface area contributed by atoms with E-state index in [4.69, 9.17) is 0 Å². The summed E-state index contributed by atoms with van der Waals surface area (Å²) in [5.74, 6) is 0.900. The Morgan fingerprint density at radius 1 is 1.29 bits per heavy atom. The van der Waals surface area contributed by atoms with Crippen LogP contribution in [0, 0.1) is 0 Å². The smallest absolute Gasteiger partial charge is 0.215 e. The molecule has 0 bridgehead atoms. The van der Waals surface area contributed by atoms with Crippen LogP contribution in [0.1, 0.15) is 44.3 Å². The molecule has 1 aromatic rings. The molecule has 1 saturated heterocycles. The van der Waals surface area contributed by atoms with Crippen LogP contribution in [0.3, 0.4) is 0 Å². The van der Waals surface area contributed by atoms with Gasteiger partial charge in [-0.3, -0.25) is 4.90 Å². The largest absolute Gasteiger partial charge is 0.348 e. The maximum absolute atomic E-state index is 12.5. The van der Waals surface area contributed by atoms with Gasteiger partial charge in [0.15, 0.2) is 0 Å². The molecule has 7 heteroatoms. The number of rotatable bonds is 5. The molecule has 0 radical (unpaired) electrons. The van der Waals surface area contributed by atoms with E-state index >= 15 is 0 Å². The predicted molar refractivity (Wildman–Crippen MR) is 81.2 cm³/mol. The zero-order valence-corrected chi connectivity index (χ0v) is 13.1. The second-order valence-corrected chi connectivity index (χ2v) is 8.17. The van der Waals surface area contributed by atoms with Crippen LogP contribution in [0.15, 0.2) is 12.4 Å². The van der Waals surface area contributed by atoms with Gasteiger partial charge in [-0.15, -0.1) is 0 Å². The van der Waals surface area contributed by atoms with E-state index in [1.54, 1.807) is 12.4 Å². The number of aromatic nitrogens is 2. The van der Waals surface area contributed by atoms with Gasteiger partial charge >= 0.3 is 0 Å². The van der Waals surface area contributed by atoms with E-state index in [0.29, 0.717) is 13.1 Å². The van der Waals surface area contributed by atoms with Crippen molar-refractivity contribution in [1.29, 1.82) is 0 Å². The Morgan fingerprint density at radius 2 is 2.10 bits per heavy atom. The molecule has 2 fully saturated rings. The lowest BCUT2D eigenvalue weighted by Crippen LogP contribution is -2.48. The van der Waals surface area contributed by atoms with Gasteiger partial charge in [-0.05, 0) is 32.2 Å². The summed E-state index contributed by atoms with van der Waals surface area (Å²) in [6.07, 6.45) is 9.48. The maximum atomic E-state index is 12.5. The van der Waals surface area contributed by atoms with Crippen molar-refractivity contribution in [2.45, 2.75) is 56.4 Å². The Kier molecular flexibility index (Phi) is 4.61. The van der Waals surface area contributed by atoms with Gasteiger partial charge in [0, 0.05) is 25.0 Å². The van der Waals surface area contributed by atoms with Gasteiger partial charge < -0.3 is 4.98 Å². The minimum absolute atomic E-state index is 0.162. The highest BCUT2D eigenvalue weighted by Crippen LogP contribution is 2.22. The number of likely N-dealkylation sites (tertiary alicyclic amines) is 1. The van der Waals surface area contributed by atoms with Crippen molar-refractivity contribution >= 4 is 10.0 Å². The molecule has 3 rings (SSSR count). The van der Waals surface area contributed by atoms with Crippen LogP contribution in [0.5, 0.6) is 0 Å². The summed E-state index contributed by atoms with van der Waals surface area (Å²) in [7, 11) is -3.20. The number of hydrogen-bond acceptors (Lipinski definition) is 4. The fourth-order valence-corrected chi connectivity index (χ4v) is 5.16. The molecule has 2 heterocycles. The molecule has 1 aliphatic carbocycles. The van der Waals surface area contributed by atoms with Crippen LogP contribution in [0.2, 0.25) is 0 Å². The molecule has 1 aliphatic heterocycles. The third kappa shape index (κ3) is 3.84. The summed E-state index contributed by atoms with van der Waals surface area (Å²) in [6, 6.07) is 0.162. The Bertz CT molecular complexity index is 537. The lowest BCUT2D eigenvalue weighted by Gasteiger charge is -2.32. The summed E-state index contributed by atoms with van der Waals surface area (Å²) in [6.45, 7) is 2.24. The first-order chi connectivity index (χ1) is 10.1. The first-order valence-corrected chi connectivity index (χ1v) is 9.40. The average molecular weight is 312 g/mol. The zero-order chi connectivity index (χ0) is 14.7. The van der Waals surface area contributed by atoms with Crippen LogP contribution < -0.4 is 4.72 Å². The number of piperidine rings is 1. The van der Waals surface area contributed by atoms with Crippen molar-refractivity contribution < 1.29 is 8.42 Å². The van der Waals surface area contributed by atoms with Gasteiger partial charge in [0.05, 0.1) is 11.8 Å². The zero-order valence-electron chi connectivity index (χ0n) is 12.3. The van der Waals surface area contributed by atoms with Crippen LogP contribution in [0.25, 0.3) is 0 Å². The summed E-state index contributed by atoms with van der Waals surface area (Å²) in [5.41, 5.74) is 0. The van der Waals surface area contributed by atoms with Gasteiger partial charge in [-0.1, -0.05) is 12.8 Å². The molecule has 1 atom stereocenters. The van der Waals surface area contributed by atoms with E-state index < -0.39 is 10.0 Å². The Labute approximate surface area is 126 Å². The van der Waals surface area contributed by atoms with Gasteiger partial charge in [0.1, 0.15) is 5.82 Å². The highest BCUT2D eigenvalue weighted by molar-refractivity contribution is 7.90. The fraction of sp³-hybridized carbons (Fsp3) is 0.786. The SMILES string of the molecule is O=S(=O)(NC1CCCC1)[C@@H]1CCCN(Cc2ncc[nH]2)C1. The lowest BCUT2D eigenvalue weighted by atomic mass is 10.1. The number of nitrogens with zero attached hydrogens (tertiary/aromatic N) is 2. The van der Waals surface area contributed by atoms with E-state index in [-0.39, 0.29) is 11.3 Å². The normalized spacial score (nSPS) is 25.4. The van der Waals surface area contributed by atoms with E-state index in [9.17, 15) is 8.42 Å². The van der Waals surface area contributed by atoms with E-state index in [1.807, 2.05) is 0 Å². The van der Waals surface area contributed by atoms with Crippen molar-refractivity contribution in [3.63, 3.8) is 0 Å². The van der Waals surface area contributed by atoms with Crippen LogP contribution in [-0.4, -0.2) is 47.7 Å². The van der Waals surface area contributed by atoms with Gasteiger partial charge in [0.2, 0.25) is 10.0 Å². The minimum Gasteiger partial charge on any atom is -0.348 e. The van der Waals surface area contributed by atoms with Gasteiger partial charge in [-0.25, -0.2) is 18.1 Å². The first kappa shape index (κ1) is 15.0.